The zero-order valence-corrected chi connectivity index (χ0v) is 20.8. The molecule has 3 amide bonds. The SMILES string of the molecule is CC(NC(=O)c1ccc2c(c1)B(O)OC2)C(NC(=O)c1ccc2c(c1)B(O)OC2)C(=O)N(C)CCC(=O)O. The molecule has 0 saturated heterocycles. The summed E-state index contributed by atoms with van der Waals surface area (Å²) in [5.74, 6) is -2.86. The van der Waals surface area contributed by atoms with Gasteiger partial charge in [-0.05, 0) is 53.2 Å². The largest absolute Gasteiger partial charge is 0.491 e. The van der Waals surface area contributed by atoms with Gasteiger partial charge >= 0.3 is 20.2 Å². The first-order valence-corrected chi connectivity index (χ1v) is 12.0. The van der Waals surface area contributed by atoms with Gasteiger partial charge in [-0.3, -0.25) is 19.2 Å². The highest BCUT2D eigenvalue weighted by Crippen LogP contribution is 2.14. The molecule has 2 unspecified atom stereocenters. The van der Waals surface area contributed by atoms with E-state index in [1.54, 1.807) is 18.2 Å². The lowest BCUT2D eigenvalue weighted by atomic mass is 9.78. The molecule has 2 heterocycles. The maximum Gasteiger partial charge on any atom is 0.491 e. The quantitative estimate of drug-likeness (QED) is 0.232. The lowest BCUT2D eigenvalue weighted by molar-refractivity contribution is -0.138. The van der Waals surface area contributed by atoms with Crippen LogP contribution in [0.3, 0.4) is 0 Å². The van der Waals surface area contributed by atoms with Crippen molar-refractivity contribution in [2.75, 3.05) is 13.6 Å². The summed E-state index contributed by atoms with van der Waals surface area (Å²) < 4.78 is 10.3. The zero-order valence-electron chi connectivity index (χ0n) is 20.8. The Kier molecular flexibility index (Phi) is 8.17. The fraction of sp³-hybridized carbons (Fsp3) is 0.333. The fourth-order valence-electron chi connectivity index (χ4n) is 4.32. The lowest BCUT2D eigenvalue weighted by Crippen LogP contribution is -2.58. The molecule has 0 spiro atoms. The summed E-state index contributed by atoms with van der Waals surface area (Å²) in [5, 5.41) is 34.3. The van der Waals surface area contributed by atoms with E-state index in [-0.39, 0.29) is 37.3 Å². The first kappa shape index (κ1) is 27.3. The van der Waals surface area contributed by atoms with Crippen LogP contribution in [-0.4, -0.2) is 83.7 Å². The Morgan fingerprint density at radius 3 is 1.92 bits per heavy atom. The van der Waals surface area contributed by atoms with E-state index < -0.39 is 50.0 Å². The van der Waals surface area contributed by atoms with Crippen LogP contribution in [0.15, 0.2) is 36.4 Å². The molecule has 4 rings (SSSR count). The van der Waals surface area contributed by atoms with E-state index in [1.807, 2.05) is 0 Å². The van der Waals surface area contributed by atoms with E-state index in [1.165, 1.54) is 37.1 Å². The van der Waals surface area contributed by atoms with Crippen molar-refractivity contribution in [2.45, 2.75) is 38.6 Å². The van der Waals surface area contributed by atoms with Gasteiger partial charge in [-0.25, -0.2) is 0 Å². The van der Waals surface area contributed by atoms with Gasteiger partial charge in [0.1, 0.15) is 6.04 Å². The molecular weight excluding hydrogens is 496 g/mol. The third-order valence-corrected chi connectivity index (χ3v) is 6.59. The second-order valence-electron chi connectivity index (χ2n) is 9.27. The van der Waals surface area contributed by atoms with Gasteiger partial charge < -0.3 is 40.0 Å². The number of rotatable bonds is 9. The van der Waals surface area contributed by atoms with Crippen LogP contribution in [-0.2, 0) is 32.1 Å². The highest BCUT2D eigenvalue weighted by molar-refractivity contribution is 6.62. The van der Waals surface area contributed by atoms with Crippen molar-refractivity contribution in [3.8, 4) is 0 Å². The van der Waals surface area contributed by atoms with Crippen LogP contribution in [0.4, 0.5) is 0 Å². The number of fused-ring (bicyclic) bond motifs is 2. The highest BCUT2D eigenvalue weighted by Gasteiger charge is 2.33. The Bertz CT molecular complexity index is 1270. The second-order valence-corrected chi connectivity index (χ2v) is 9.27. The Morgan fingerprint density at radius 2 is 1.42 bits per heavy atom. The maximum atomic E-state index is 13.3. The van der Waals surface area contributed by atoms with Crippen LogP contribution in [0.1, 0.15) is 45.2 Å². The molecule has 0 bridgehead atoms. The summed E-state index contributed by atoms with van der Waals surface area (Å²) in [6.07, 6.45) is -0.300. The minimum absolute atomic E-state index is 0.105. The van der Waals surface area contributed by atoms with Gasteiger partial charge in [-0.15, -0.1) is 0 Å². The standard InChI is InChI=1S/C24H27B2N3O9/c1-13(27-22(32)14-3-5-16-11-37-25(35)18(16)9-14)21(24(34)29(2)8-7-20(30)31)28-23(33)15-4-6-17-12-38-26(36)19(17)10-15/h3-6,9-10,13,21,35-36H,7-8,11-12H2,1-2H3,(H,27,32)(H,28,33)(H,30,31). The van der Waals surface area contributed by atoms with Crippen molar-refractivity contribution in [2.24, 2.45) is 0 Å². The molecule has 2 atom stereocenters. The van der Waals surface area contributed by atoms with Gasteiger partial charge in [-0.2, -0.15) is 0 Å². The molecule has 2 aliphatic heterocycles. The number of hydrogen-bond acceptors (Lipinski definition) is 8. The number of amides is 3. The van der Waals surface area contributed by atoms with Crippen molar-refractivity contribution in [1.29, 1.82) is 0 Å². The van der Waals surface area contributed by atoms with Crippen LogP contribution in [0.5, 0.6) is 0 Å². The van der Waals surface area contributed by atoms with E-state index in [2.05, 4.69) is 10.6 Å². The Labute approximate surface area is 219 Å². The van der Waals surface area contributed by atoms with E-state index >= 15 is 0 Å². The summed E-state index contributed by atoms with van der Waals surface area (Å²) in [4.78, 5) is 51.6. The zero-order chi connectivity index (χ0) is 27.6. The van der Waals surface area contributed by atoms with Crippen LogP contribution in [0, 0.1) is 0 Å². The minimum atomic E-state index is -1.25. The molecule has 12 nitrogen and oxygen atoms in total. The first-order chi connectivity index (χ1) is 18.0. The maximum absolute atomic E-state index is 13.3. The molecule has 2 aliphatic rings. The number of benzene rings is 2. The van der Waals surface area contributed by atoms with E-state index in [0.29, 0.717) is 10.9 Å². The number of hydrogen-bond donors (Lipinski definition) is 5. The molecule has 0 aromatic heterocycles. The molecule has 2 aromatic carbocycles. The lowest BCUT2D eigenvalue weighted by Gasteiger charge is -2.29. The van der Waals surface area contributed by atoms with Crippen LogP contribution in [0.25, 0.3) is 0 Å². The van der Waals surface area contributed by atoms with Gasteiger partial charge in [-0.1, -0.05) is 12.1 Å². The first-order valence-electron chi connectivity index (χ1n) is 12.0. The molecule has 5 N–H and O–H groups in total. The summed E-state index contributed by atoms with van der Waals surface area (Å²) in [7, 11) is -0.890. The summed E-state index contributed by atoms with van der Waals surface area (Å²) >= 11 is 0. The molecular formula is C24H27B2N3O9. The van der Waals surface area contributed by atoms with Crippen LogP contribution >= 0.6 is 0 Å². The highest BCUT2D eigenvalue weighted by atomic mass is 16.5. The van der Waals surface area contributed by atoms with Crippen LogP contribution < -0.4 is 21.6 Å². The normalized spacial score (nSPS) is 15.4. The predicted molar refractivity (Wildman–Crippen MR) is 136 cm³/mol. The molecule has 38 heavy (non-hydrogen) atoms. The third kappa shape index (κ3) is 5.89. The Hall–Kier alpha value is -3.71. The van der Waals surface area contributed by atoms with Gasteiger partial charge in [0.15, 0.2) is 0 Å². The monoisotopic (exact) mass is 523 g/mol. The topological polar surface area (TPSA) is 175 Å². The number of nitrogens with one attached hydrogen (secondary N) is 2. The number of carbonyl (C=O) groups excluding carboxylic acids is 3. The van der Waals surface area contributed by atoms with Crippen molar-refractivity contribution in [3.63, 3.8) is 0 Å². The molecule has 0 fully saturated rings. The average Bonchev–Trinajstić information content (AvgIpc) is 3.46. The van der Waals surface area contributed by atoms with Gasteiger partial charge in [0.05, 0.1) is 25.7 Å². The second kappa shape index (κ2) is 11.4. The summed E-state index contributed by atoms with van der Waals surface area (Å²) in [6, 6.07) is 7.23. The average molecular weight is 523 g/mol. The Morgan fingerprint density at radius 1 is 0.921 bits per heavy atom. The molecule has 14 heteroatoms. The van der Waals surface area contributed by atoms with Gasteiger partial charge in [0.2, 0.25) is 5.91 Å². The van der Waals surface area contributed by atoms with Crippen molar-refractivity contribution in [1.82, 2.24) is 15.5 Å². The number of carbonyl (C=O) groups is 4. The molecule has 0 aliphatic carbocycles. The smallest absolute Gasteiger partial charge is 0.481 e. The number of likely N-dealkylation sites (N-methyl/N-ethyl adjacent to an activating group) is 1. The van der Waals surface area contributed by atoms with Crippen LogP contribution in [0.2, 0.25) is 0 Å². The molecule has 2 aromatic rings. The van der Waals surface area contributed by atoms with E-state index in [4.69, 9.17) is 14.4 Å². The molecule has 0 radical (unpaired) electrons. The summed E-state index contributed by atoms with van der Waals surface area (Å²) in [5.41, 5.74) is 2.81. The number of carboxylic acids is 1. The van der Waals surface area contributed by atoms with Crippen molar-refractivity contribution >= 4 is 48.9 Å². The van der Waals surface area contributed by atoms with Gasteiger partial charge in [0, 0.05) is 24.7 Å². The van der Waals surface area contributed by atoms with E-state index in [0.717, 1.165) is 11.1 Å². The predicted octanol–water partition coefficient (Wildman–Crippen LogP) is -2.03. The minimum Gasteiger partial charge on any atom is -0.481 e. The fourth-order valence-corrected chi connectivity index (χ4v) is 4.32. The molecule has 198 valence electrons. The number of aliphatic carboxylic acids is 1. The third-order valence-electron chi connectivity index (χ3n) is 6.59. The number of nitrogens with zero attached hydrogens (tertiary/aromatic N) is 1. The van der Waals surface area contributed by atoms with Crippen molar-refractivity contribution < 1.29 is 43.6 Å². The summed E-state index contributed by atoms with van der Waals surface area (Å²) in [6.45, 7) is 1.87. The van der Waals surface area contributed by atoms with Crippen molar-refractivity contribution in [3.05, 3.63) is 58.7 Å². The Balaban J connectivity index is 1.53. The number of carboxylic acid groups (broad SMARTS) is 1. The van der Waals surface area contributed by atoms with E-state index in [9.17, 15) is 29.2 Å². The van der Waals surface area contributed by atoms with Gasteiger partial charge in [0.25, 0.3) is 11.8 Å². The molecule has 0 saturated carbocycles.